The molecule has 1 aliphatic rings. The monoisotopic (exact) mass is 224 g/mol. The van der Waals surface area contributed by atoms with Crippen LogP contribution in [0.4, 0.5) is 0 Å². The molecule has 1 aromatic rings. The van der Waals surface area contributed by atoms with Crippen molar-refractivity contribution < 1.29 is 4.74 Å². The minimum Gasteiger partial charge on any atom is -0.377 e. The molecule has 2 rings (SSSR count). The summed E-state index contributed by atoms with van der Waals surface area (Å²) < 4.78 is 7.43. The molecule has 90 valence electrons. The van der Waals surface area contributed by atoms with Crippen molar-refractivity contribution in [3.63, 3.8) is 0 Å². The van der Waals surface area contributed by atoms with Gasteiger partial charge in [0.25, 0.3) is 0 Å². The van der Waals surface area contributed by atoms with Gasteiger partial charge in [-0.1, -0.05) is 0 Å². The Morgan fingerprint density at radius 1 is 1.62 bits per heavy atom. The number of aryl methyl sites for hydroxylation is 1. The summed E-state index contributed by atoms with van der Waals surface area (Å²) in [5, 5.41) is 7.58. The first kappa shape index (κ1) is 11.5. The molecule has 0 radical (unpaired) electrons. The first-order valence-electron chi connectivity index (χ1n) is 6.02. The van der Waals surface area contributed by atoms with E-state index in [1.165, 1.54) is 12.8 Å². The van der Waals surface area contributed by atoms with Gasteiger partial charge in [0.15, 0.2) is 0 Å². The fourth-order valence-electron chi connectivity index (χ4n) is 1.91. The highest BCUT2D eigenvalue weighted by Gasteiger charge is 2.15. The second-order valence-electron chi connectivity index (χ2n) is 4.39. The van der Waals surface area contributed by atoms with E-state index in [2.05, 4.69) is 22.3 Å². The SMILES string of the molecule is CC(CCn1cncn1)NCC1CCCO1. The van der Waals surface area contributed by atoms with E-state index in [-0.39, 0.29) is 0 Å². The molecule has 2 unspecified atom stereocenters. The summed E-state index contributed by atoms with van der Waals surface area (Å²) in [6.07, 6.45) is 7.23. The molecule has 1 aliphatic heterocycles. The van der Waals surface area contributed by atoms with E-state index >= 15 is 0 Å². The van der Waals surface area contributed by atoms with Crippen LogP contribution >= 0.6 is 0 Å². The van der Waals surface area contributed by atoms with Crippen LogP contribution in [-0.2, 0) is 11.3 Å². The van der Waals surface area contributed by atoms with Crippen LogP contribution in [0.15, 0.2) is 12.7 Å². The lowest BCUT2D eigenvalue weighted by atomic mass is 10.2. The number of aromatic nitrogens is 3. The van der Waals surface area contributed by atoms with Gasteiger partial charge in [-0.2, -0.15) is 5.10 Å². The smallest absolute Gasteiger partial charge is 0.137 e. The average Bonchev–Trinajstić information content (AvgIpc) is 2.96. The van der Waals surface area contributed by atoms with Gasteiger partial charge in [0.05, 0.1) is 6.10 Å². The molecule has 5 heteroatoms. The summed E-state index contributed by atoms with van der Waals surface area (Å²) in [6, 6.07) is 0.494. The minimum absolute atomic E-state index is 0.425. The van der Waals surface area contributed by atoms with E-state index in [0.29, 0.717) is 12.1 Å². The van der Waals surface area contributed by atoms with Crippen molar-refractivity contribution in [1.29, 1.82) is 0 Å². The number of nitrogens with one attached hydrogen (secondary N) is 1. The average molecular weight is 224 g/mol. The molecule has 1 aromatic heterocycles. The molecule has 0 aliphatic carbocycles. The maximum atomic E-state index is 5.56. The lowest BCUT2D eigenvalue weighted by Crippen LogP contribution is -2.34. The van der Waals surface area contributed by atoms with E-state index in [1.807, 2.05) is 4.68 Å². The molecule has 0 amide bonds. The molecule has 0 aromatic carbocycles. The van der Waals surface area contributed by atoms with Gasteiger partial charge in [0.2, 0.25) is 0 Å². The number of nitrogens with zero attached hydrogens (tertiary/aromatic N) is 3. The molecule has 2 heterocycles. The number of hydrogen-bond donors (Lipinski definition) is 1. The Morgan fingerprint density at radius 2 is 2.56 bits per heavy atom. The van der Waals surface area contributed by atoms with Gasteiger partial charge in [-0.05, 0) is 26.2 Å². The first-order valence-corrected chi connectivity index (χ1v) is 6.02. The predicted octanol–water partition coefficient (Wildman–Crippen LogP) is 0.825. The van der Waals surface area contributed by atoms with E-state index in [9.17, 15) is 0 Å². The molecule has 0 spiro atoms. The van der Waals surface area contributed by atoms with Gasteiger partial charge in [0.1, 0.15) is 12.7 Å². The van der Waals surface area contributed by atoms with Crippen molar-refractivity contribution in [2.75, 3.05) is 13.2 Å². The van der Waals surface area contributed by atoms with Gasteiger partial charge < -0.3 is 10.1 Å². The molecule has 5 nitrogen and oxygen atoms in total. The van der Waals surface area contributed by atoms with Crippen molar-refractivity contribution in [3.8, 4) is 0 Å². The Bertz CT molecular complexity index is 282. The standard InChI is InChI=1S/C11H20N4O/c1-10(4-5-15-9-12-8-14-15)13-7-11-3-2-6-16-11/h8-11,13H,2-7H2,1H3. The largest absolute Gasteiger partial charge is 0.377 e. The zero-order valence-corrected chi connectivity index (χ0v) is 9.80. The molecule has 16 heavy (non-hydrogen) atoms. The molecule has 2 atom stereocenters. The van der Waals surface area contributed by atoms with Crippen LogP contribution in [0.5, 0.6) is 0 Å². The minimum atomic E-state index is 0.425. The molecule has 1 fully saturated rings. The molecule has 0 saturated carbocycles. The van der Waals surface area contributed by atoms with Crippen molar-refractivity contribution in [2.24, 2.45) is 0 Å². The summed E-state index contributed by atoms with van der Waals surface area (Å²) in [6.45, 7) is 5.02. The highest BCUT2D eigenvalue weighted by atomic mass is 16.5. The van der Waals surface area contributed by atoms with Crippen molar-refractivity contribution in [2.45, 2.75) is 44.9 Å². The fraction of sp³-hybridized carbons (Fsp3) is 0.818. The third kappa shape index (κ3) is 3.57. The molecule has 1 N–H and O–H groups in total. The summed E-state index contributed by atoms with van der Waals surface area (Å²) in [5.41, 5.74) is 0. The van der Waals surface area contributed by atoms with Crippen LogP contribution in [0.25, 0.3) is 0 Å². The van der Waals surface area contributed by atoms with Gasteiger partial charge in [-0.3, -0.25) is 4.68 Å². The summed E-state index contributed by atoms with van der Waals surface area (Å²) >= 11 is 0. The number of ether oxygens (including phenoxy) is 1. The number of hydrogen-bond acceptors (Lipinski definition) is 4. The third-order valence-corrected chi connectivity index (χ3v) is 2.98. The van der Waals surface area contributed by atoms with E-state index in [4.69, 9.17) is 4.74 Å². The molecular formula is C11H20N4O. The lowest BCUT2D eigenvalue weighted by molar-refractivity contribution is 0.107. The van der Waals surface area contributed by atoms with Gasteiger partial charge >= 0.3 is 0 Å². The zero-order valence-electron chi connectivity index (χ0n) is 9.80. The Balaban J connectivity index is 1.58. The maximum absolute atomic E-state index is 5.56. The van der Waals surface area contributed by atoms with E-state index in [0.717, 1.165) is 26.1 Å². The second-order valence-corrected chi connectivity index (χ2v) is 4.39. The third-order valence-electron chi connectivity index (χ3n) is 2.98. The zero-order chi connectivity index (χ0) is 11.2. The molecule has 0 bridgehead atoms. The Kier molecular flexibility index (Phi) is 4.30. The van der Waals surface area contributed by atoms with Crippen LogP contribution in [-0.4, -0.2) is 40.1 Å². The van der Waals surface area contributed by atoms with Gasteiger partial charge in [0, 0.05) is 25.7 Å². The maximum Gasteiger partial charge on any atom is 0.137 e. The van der Waals surface area contributed by atoms with E-state index in [1.54, 1.807) is 12.7 Å². The quantitative estimate of drug-likeness (QED) is 0.777. The first-order chi connectivity index (χ1) is 7.84. The van der Waals surface area contributed by atoms with Crippen LogP contribution in [0.1, 0.15) is 26.2 Å². The Labute approximate surface area is 96.2 Å². The fourth-order valence-corrected chi connectivity index (χ4v) is 1.91. The van der Waals surface area contributed by atoms with Gasteiger partial charge in [-0.15, -0.1) is 0 Å². The highest BCUT2D eigenvalue weighted by Crippen LogP contribution is 2.10. The summed E-state index contributed by atoms with van der Waals surface area (Å²) in [7, 11) is 0. The summed E-state index contributed by atoms with van der Waals surface area (Å²) in [5.74, 6) is 0. The van der Waals surface area contributed by atoms with Crippen LogP contribution in [0, 0.1) is 0 Å². The summed E-state index contributed by atoms with van der Waals surface area (Å²) in [4.78, 5) is 3.92. The highest BCUT2D eigenvalue weighted by molar-refractivity contribution is 4.70. The normalized spacial score (nSPS) is 22.4. The Morgan fingerprint density at radius 3 is 3.25 bits per heavy atom. The molecule has 1 saturated heterocycles. The van der Waals surface area contributed by atoms with Crippen LogP contribution in [0.2, 0.25) is 0 Å². The van der Waals surface area contributed by atoms with Crippen LogP contribution < -0.4 is 5.32 Å². The lowest BCUT2D eigenvalue weighted by Gasteiger charge is -2.16. The van der Waals surface area contributed by atoms with Crippen molar-refractivity contribution in [3.05, 3.63) is 12.7 Å². The predicted molar refractivity (Wildman–Crippen MR) is 61.1 cm³/mol. The van der Waals surface area contributed by atoms with E-state index < -0.39 is 0 Å². The van der Waals surface area contributed by atoms with Crippen molar-refractivity contribution in [1.82, 2.24) is 20.1 Å². The Hall–Kier alpha value is -0.940. The molecular weight excluding hydrogens is 204 g/mol. The van der Waals surface area contributed by atoms with Crippen LogP contribution in [0.3, 0.4) is 0 Å². The number of rotatable bonds is 6. The second kappa shape index (κ2) is 5.96. The van der Waals surface area contributed by atoms with Gasteiger partial charge in [-0.25, -0.2) is 4.98 Å². The van der Waals surface area contributed by atoms with Crippen molar-refractivity contribution >= 4 is 0 Å². The topological polar surface area (TPSA) is 52.0 Å².